The Morgan fingerprint density at radius 1 is 1.42 bits per heavy atom. The summed E-state index contributed by atoms with van der Waals surface area (Å²) < 4.78 is 5.21. The predicted octanol–water partition coefficient (Wildman–Crippen LogP) is 1.49. The summed E-state index contributed by atoms with van der Waals surface area (Å²) in [5, 5.41) is 0. The van der Waals surface area contributed by atoms with Gasteiger partial charge < -0.3 is 9.64 Å². The summed E-state index contributed by atoms with van der Waals surface area (Å²) in [6, 6.07) is 0. The van der Waals surface area contributed by atoms with Crippen LogP contribution in [0, 0.1) is 11.3 Å². The Morgan fingerprint density at radius 3 is 2.33 bits per heavy atom. The van der Waals surface area contributed by atoms with Crippen molar-refractivity contribution in [1.82, 2.24) is 4.90 Å². The second-order valence-corrected chi connectivity index (χ2v) is 4.49. The highest BCUT2D eigenvalue weighted by Crippen LogP contribution is 2.40. The van der Waals surface area contributed by atoms with E-state index < -0.39 is 0 Å². The molecule has 2 aliphatic heterocycles. The average Bonchev–Trinajstić information content (AvgIpc) is 1.80. The van der Waals surface area contributed by atoms with E-state index in [1.54, 1.807) is 0 Å². The Bertz CT molecular complexity index is 198. The van der Waals surface area contributed by atoms with Crippen molar-refractivity contribution in [3.63, 3.8) is 0 Å². The fourth-order valence-electron chi connectivity index (χ4n) is 1.90. The number of allylic oxidation sites excluding steroid dienone is 1. The Balaban J connectivity index is 1.84. The third-order valence-electron chi connectivity index (χ3n) is 2.94. The van der Waals surface area contributed by atoms with Gasteiger partial charge in [-0.05, 0) is 5.92 Å². The van der Waals surface area contributed by atoms with Crippen LogP contribution in [0.1, 0.15) is 13.8 Å². The normalized spacial score (nSPS) is 25.4. The molecule has 2 rings (SSSR count). The topological polar surface area (TPSA) is 12.5 Å². The van der Waals surface area contributed by atoms with Crippen LogP contribution in [0.25, 0.3) is 0 Å². The van der Waals surface area contributed by atoms with Crippen LogP contribution in [0.4, 0.5) is 0 Å². The van der Waals surface area contributed by atoms with Crippen LogP contribution in [0.5, 0.6) is 0 Å². The quantitative estimate of drug-likeness (QED) is 0.618. The Morgan fingerprint density at radius 2 is 2.00 bits per heavy atom. The van der Waals surface area contributed by atoms with Gasteiger partial charge in [0.1, 0.15) is 0 Å². The molecule has 0 atom stereocenters. The van der Waals surface area contributed by atoms with Gasteiger partial charge in [-0.25, -0.2) is 0 Å². The van der Waals surface area contributed by atoms with Crippen molar-refractivity contribution in [1.29, 1.82) is 0 Å². The van der Waals surface area contributed by atoms with E-state index in [4.69, 9.17) is 4.74 Å². The smallest absolute Gasteiger partial charge is 0.0579 e. The number of nitrogens with zero attached hydrogens (tertiary/aromatic N) is 1. The Hall–Kier alpha value is -0.500. The second-order valence-electron chi connectivity index (χ2n) is 4.49. The molecule has 12 heavy (non-hydrogen) atoms. The Kier molecular flexibility index (Phi) is 1.69. The lowest BCUT2D eigenvalue weighted by Crippen LogP contribution is -2.65. The van der Waals surface area contributed by atoms with E-state index in [0.29, 0.717) is 11.3 Å². The third-order valence-corrected chi connectivity index (χ3v) is 2.94. The highest BCUT2D eigenvalue weighted by atomic mass is 16.5. The highest BCUT2D eigenvalue weighted by Gasteiger charge is 2.49. The molecule has 0 aromatic carbocycles. The summed E-state index contributed by atoms with van der Waals surface area (Å²) >= 11 is 0. The minimum atomic E-state index is 0.526. The molecule has 0 aromatic rings. The zero-order chi connectivity index (χ0) is 8.77. The molecule has 2 aliphatic rings. The lowest BCUT2D eigenvalue weighted by molar-refractivity contribution is -0.181. The van der Waals surface area contributed by atoms with Crippen LogP contribution < -0.4 is 0 Å². The number of rotatable bonds is 2. The molecule has 0 N–H and O–H groups in total. The Labute approximate surface area is 74.2 Å². The monoisotopic (exact) mass is 167 g/mol. The molecule has 1 spiro atoms. The minimum Gasteiger partial charge on any atom is -0.380 e. The number of ether oxygens (including phenoxy) is 1. The molecule has 0 radical (unpaired) electrons. The molecule has 68 valence electrons. The van der Waals surface area contributed by atoms with Crippen LogP contribution in [0.15, 0.2) is 12.3 Å². The molecule has 0 aromatic heterocycles. The second kappa shape index (κ2) is 2.49. The highest BCUT2D eigenvalue weighted by molar-refractivity contribution is 5.10. The summed E-state index contributed by atoms with van der Waals surface area (Å²) in [6.45, 7) is 12.8. The van der Waals surface area contributed by atoms with E-state index in [-0.39, 0.29) is 0 Å². The van der Waals surface area contributed by atoms with E-state index in [2.05, 4.69) is 25.3 Å². The zero-order valence-corrected chi connectivity index (χ0v) is 7.97. The first-order valence-corrected chi connectivity index (χ1v) is 4.64. The molecular weight excluding hydrogens is 150 g/mol. The van der Waals surface area contributed by atoms with Crippen molar-refractivity contribution in [3.05, 3.63) is 12.3 Å². The molecule has 0 amide bonds. The maximum atomic E-state index is 5.21. The SMILES string of the molecule is C=C(C(C)C)N1CC2(COC2)C1. The van der Waals surface area contributed by atoms with E-state index in [9.17, 15) is 0 Å². The fourth-order valence-corrected chi connectivity index (χ4v) is 1.90. The molecule has 2 heterocycles. The van der Waals surface area contributed by atoms with Crippen molar-refractivity contribution in [3.8, 4) is 0 Å². The van der Waals surface area contributed by atoms with Crippen LogP contribution in [0.2, 0.25) is 0 Å². The van der Waals surface area contributed by atoms with Gasteiger partial charge in [0.05, 0.1) is 18.6 Å². The molecule has 2 nitrogen and oxygen atoms in total. The van der Waals surface area contributed by atoms with Gasteiger partial charge in [0.25, 0.3) is 0 Å². The van der Waals surface area contributed by atoms with Gasteiger partial charge in [-0.3, -0.25) is 0 Å². The molecule has 0 unspecified atom stereocenters. The maximum Gasteiger partial charge on any atom is 0.0579 e. The standard InChI is InChI=1S/C10H17NO/c1-8(2)9(3)11-4-10(5-11)6-12-7-10/h8H,3-7H2,1-2H3. The lowest BCUT2D eigenvalue weighted by atomic mass is 9.77. The predicted molar refractivity (Wildman–Crippen MR) is 48.8 cm³/mol. The molecule has 0 aliphatic carbocycles. The van der Waals surface area contributed by atoms with Gasteiger partial charge in [0, 0.05) is 18.8 Å². The van der Waals surface area contributed by atoms with Gasteiger partial charge in [-0.1, -0.05) is 20.4 Å². The van der Waals surface area contributed by atoms with E-state index in [1.807, 2.05) is 0 Å². The molecular formula is C10H17NO. The largest absolute Gasteiger partial charge is 0.380 e. The number of hydrogen-bond donors (Lipinski definition) is 0. The first kappa shape index (κ1) is 8.11. The molecule has 0 bridgehead atoms. The first-order valence-electron chi connectivity index (χ1n) is 4.64. The summed E-state index contributed by atoms with van der Waals surface area (Å²) in [5.41, 5.74) is 1.81. The molecule has 2 saturated heterocycles. The van der Waals surface area contributed by atoms with Crippen molar-refractivity contribution in [2.45, 2.75) is 13.8 Å². The fraction of sp³-hybridized carbons (Fsp3) is 0.800. The minimum absolute atomic E-state index is 0.526. The number of hydrogen-bond acceptors (Lipinski definition) is 2. The van der Waals surface area contributed by atoms with Gasteiger partial charge >= 0.3 is 0 Å². The molecule has 2 heteroatoms. The lowest BCUT2D eigenvalue weighted by Gasteiger charge is -2.57. The first-order chi connectivity index (χ1) is 5.63. The maximum absolute atomic E-state index is 5.21. The average molecular weight is 167 g/mol. The summed E-state index contributed by atoms with van der Waals surface area (Å²) in [4.78, 5) is 2.38. The van der Waals surface area contributed by atoms with E-state index >= 15 is 0 Å². The summed E-state index contributed by atoms with van der Waals surface area (Å²) in [6.07, 6.45) is 0. The van der Waals surface area contributed by atoms with Crippen molar-refractivity contribution >= 4 is 0 Å². The van der Waals surface area contributed by atoms with Crippen LogP contribution in [0.3, 0.4) is 0 Å². The van der Waals surface area contributed by atoms with E-state index in [0.717, 1.165) is 13.2 Å². The van der Waals surface area contributed by atoms with Crippen molar-refractivity contribution in [2.75, 3.05) is 26.3 Å². The van der Waals surface area contributed by atoms with Crippen molar-refractivity contribution < 1.29 is 4.74 Å². The summed E-state index contributed by atoms with van der Waals surface area (Å²) in [5.74, 6) is 0.586. The van der Waals surface area contributed by atoms with Crippen molar-refractivity contribution in [2.24, 2.45) is 11.3 Å². The zero-order valence-electron chi connectivity index (χ0n) is 7.97. The van der Waals surface area contributed by atoms with Gasteiger partial charge in [-0.2, -0.15) is 0 Å². The number of likely N-dealkylation sites (tertiary alicyclic amines) is 1. The van der Waals surface area contributed by atoms with Crippen LogP contribution in [-0.2, 0) is 4.74 Å². The van der Waals surface area contributed by atoms with Gasteiger partial charge in [0.15, 0.2) is 0 Å². The molecule has 0 saturated carbocycles. The molecule has 2 fully saturated rings. The third kappa shape index (κ3) is 1.06. The van der Waals surface area contributed by atoms with Gasteiger partial charge in [-0.15, -0.1) is 0 Å². The van der Waals surface area contributed by atoms with E-state index in [1.165, 1.54) is 18.8 Å². The summed E-state index contributed by atoms with van der Waals surface area (Å²) in [7, 11) is 0. The van der Waals surface area contributed by atoms with Crippen LogP contribution in [-0.4, -0.2) is 31.2 Å². The van der Waals surface area contributed by atoms with Gasteiger partial charge in [0.2, 0.25) is 0 Å². The van der Waals surface area contributed by atoms with Crippen LogP contribution >= 0.6 is 0 Å².